The number of hydrogen-bond donors (Lipinski definition) is 1. The van der Waals surface area contributed by atoms with Crippen molar-refractivity contribution in [1.29, 1.82) is 0 Å². The molecule has 0 unspecified atom stereocenters. The summed E-state index contributed by atoms with van der Waals surface area (Å²) in [7, 11) is 1.54. The van der Waals surface area contributed by atoms with Gasteiger partial charge in [0.15, 0.2) is 0 Å². The second-order valence-corrected chi connectivity index (χ2v) is 5.99. The van der Waals surface area contributed by atoms with Crippen molar-refractivity contribution in [3.63, 3.8) is 0 Å². The second kappa shape index (κ2) is 7.66. The largest absolute Gasteiger partial charge is 0.495 e. The quantitative estimate of drug-likeness (QED) is 0.909. The highest BCUT2D eigenvalue weighted by molar-refractivity contribution is 6.31. The first-order chi connectivity index (χ1) is 10.9. The molecule has 0 saturated carbocycles. The number of methoxy groups -OCH3 is 1. The van der Waals surface area contributed by atoms with Crippen LogP contribution < -0.4 is 10.1 Å². The first-order valence-corrected chi connectivity index (χ1v) is 7.94. The number of amides is 2. The number of hydrogen-bond acceptors (Lipinski definition) is 4. The van der Waals surface area contributed by atoms with Crippen LogP contribution >= 0.6 is 11.6 Å². The molecule has 6 nitrogen and oxygen atoms in total. The number of nitrogens with one attached hydrogen (secondary N) is 1. The first-order valence-electron chi connectivity index (χ1n) is 7.56. The minimum Gasteiger partial charge on any atom is -0.495 e. The average molecular weight is 340 g/mol. The predicted octanol–water partition coefficient (Wildman–Crippen LogP) is 1.84. The Morgan fingerprint density at radius 3 is 2.48 bits per heavy atom. The fourth-order valence-corrected chi connectivity index (χ4v) is 2.78. The van der Waals surface area contributed by atoms with Gasteiger partial charge in [0.25, 0.3) is 0 Å². The van der Waals surface area contributed by atoms with Crippen molar-refractivity contribution in [2.45, 2.75) is 19.9 Å². The molecule has 126 valence electrons. The number of rotatable bonds is 4. The van der Waals surface area contributed by atoms with Crippen LogP contribution in [0.2, 0.25) is 5.02 Å². The van der Waals surface area contributed by atoms with Crippen LogP contribution in [0.25, 0.3) is 0 Å². The van der Waals surface area contributed by atoms with Crippen LogP contribution in [-0.4, -0.2) is 60.9 Å². The van der Waals surface area contributed by atoms with Gasteiger partial charge in [0.2, 0.25) is 11.8 Å². The molecule has 0 aromatic heterocycles. The molecule has 1 N–H and O–H groups in total. The van der Waals surface area contributed by atoms with Crippen LogP contribution in [0.15, 0.2) is 18.2 Å². The van der Waals surface area contributed by atoms with Gasteiger partial charge >= 0.3 is 0 Å². The summed E-state index contributed by atoms with van der Waals surface area (Å²) < 4.78 is 5.24. The fraction of sp³-hybridized carbons (Fsp3) is 0.500. The first kappa shape index (κ1) is 17.6. The molecular formula is C16H22ClN3O3. The maximum atomic E-state index is 12.5. The van der Waals surface area contributed by atoms with E-state index < -0.39 is 0 Å². The Morgan fingerprint density at radius 1 is 1.26 bits per heavy atom. The number of carbonyl (C=O) groups excluding carboxylic acids is 2. The minimum absolute atomic E-state index is 0.0745. The van der Waals surface area contributed by atoms with Crippen LogP contribution in [0, 0.1) is 0 Å². The summed E-state index contributed by atoms with van der Waals surface area (Å²) >= 11 is 5.98. The molecule has 1 fully saturated rings. The summed E-state index contributed by atoms with van der Waals surface area (Å²) in [5.41, 5.74) is 0.555. The van der Waals surface area contributed by atoms with Crippen molar-refractivity contribution in [1.82, 2.24) is 9.80 Å². The van der Waals surface area contributed by atoms with Crippen molar-refractivity contribution in [3.05, 3.63) is 23.2 Å². The Bertz CT molecular complexity index is 586. The van der Waals surface area contributed by atoms with Crippen molar-refractivity contribution < 1.29 is 14.3 Å². The lowest BCUT2D eigenvalue weighted by atomic mass is 10.2. The van der Waals surface area contributed by atoms with Crippen LogP contribution in [0.4, 0.5) is 5.69 Å². The van der Waals surface area contributed by atoms with Crippen LogP contribution in [0.3, 0.4) is 0 Å². The molecule has 0 radical (unpaired) electrons. The van der Waals surface area contributed by atoms with E-state index in [1.165, 1.54) is 0 Å². The van der Waals surface area contributed by atoms with E-state index in [0.717, 1.165) is 0 Å². The Morgan fingerprint density at radius 2 is 1.91 bits per heavy atom. The number of anilines is 1. The molecule has 1 aromatic rings. The van der Waals surface area contributed by atoms with Crippen LogP contribution in [0.5, 0.6) is 5.75 Å². The SMILES string of the molecule is COc1ccc(Cl)cc1NC(=O)[C@@H](C)N1CCN(C(C)=O)CC1. The van der Waals surface area contributed by atoms with E-state index in [1.54, 1.807) is 37.1 Å². The molecular weight excluding hydrogens is 318 g/mol. The maximum Gasteiger partial charge on any atom is 0.241 e. The molecule has 0 aliphatic carbocycles. The highest BCUT2D eigenvalue weighted by Gasteiger charge is 2.26. The maximum absolute atomic E-state index is 12.5. The molecule has 1 aromatic carbocycles. The van der Waals surface area contributed by atoms with Gasteiger partial charge in [0.1, 0.15) is 5.75 Å². The summed E-state index contributed by atoms with van der Waals surface area (Å²) in [6.45, 7) is 6.08. The lowest BCUT2D eigenvalue weighted by Crippen LogP contribution is -2.53. The van der Waals surface area contributed by atoms with E-state index in [1.807, 2.05) is 6.92 Å². The molecule has 1 aliphatic rings. The van der Waals surface area contributed by atoms with Crippen molar-refractivity contribution in [2.75, 3.05) is 38.6 Å². The van der Waals surface area contributed by atoms with Gasteiger partial charge in [0, 0.05) is 38.1 Å². The monoisotopic (exact) mass is 339 g/mol. The molecule has 0 bridgehead atoms. The van der Waals surface area contributed by atoms with E-state index in [4.69, 9.17) is 16.3 Å². The van der Waals surface area contributed by atoms with Gasteiger partial charge < -0.3 is 15.0 Å². The predicted molar refractivity (Wildman–Crippen MR) is 89.9 cm³/mol. The van der Waals surface area contributed by atoms with Gasteiger partial charge in [-0.3, -0.25) is 14.5 Å². The van der Waals surface area contributed by atoms with E-state index >= 15 is 0 Å². The highest BCUT2D eigenvalue weighted by Crippen LogP contribution is 2.28. The second-order valence-electron chi connectivity index (χ2n) is 5.55. The molecule has 1 heterocycles. The summed E-state index contributed by atoms with van der Waals surface area (Å²) in [6, 6.07) is 4.79. The Labute approximate surface area is 141 Å². The minimum atomic E-state index is -0.298. The summed E-state index contributed by atoms with van der Waals surface area (Å²) in [5.74, 6) is 0.517. The molecule has 23 heavy (non-hydrogen) atoms. The van der Waals surface area contributed by atoms with Crippen molar-refractivity contribution >= 4 is 29.1 Å². The topological polar surface area (TPSA) is 61.9 Å². The lowest BCUT2D eigenvalue weighted by molar-refractivity contribution is -0.131. The Hall–Kier alpha value is -1.79. The smallest absolute Gasteiger partial charge is 0.241 e. The number of piperazine rings is 1. The zero-order valence-corrected chi connectivity index (χ0v) is 14.4. The Balaban J connectivity index is 1.98. The molecule has 2 amide bonds. The van der Waals surface area contributed by atoms with E-state index in [-0.39, 0.29) is 17.9 Å². The Kier molecular flexibility index (Phi) is 5.85. The summed E-state index contributed by atoms with van der Waals surface area (Å²) in [5, 5.41) is 3.39. The van der Waals surface area contributed by atoms with Gasteiger partial charge in [-0.15, -0.1) is 0 Å². The van der Waals surface area contributed by atoms with E-state index in [2.05, 4.69) is 10.2 Å². The van der Waals surface area contributed by atoms with E-state index in [9.17, 15) is 9.59 Å². The number of halogens is 1. The summed E-state index contributed by atoms with van der Waals surface area (Å²) in [6.07, 6.45) is 0. The van der Waals surface area contributed by atoms with Crippen LogP contribution in [-0.2, 0) is 9.59 Å². The lowest BCUT2D eigenvalue weighted by Gasteiger charge is -2.37. The van der Waals surface area contributed by atoms with Gasteiger partial charge in [-0.1, -0.05) is 11.6 Å². The number of carbonyl (C=O) groups is 2. The molecule has 1 saturated heterocycles. The normalized spacial score (nSPS) is 16.8. The number of ether oxygens (including phenoxy) is 1. The third-order valence-corrected chi connectivity index (χ3v) is 4.34. The zero-order valence-electron chi connectivity index (χ0n) is 13.6. The van der Waals surface area contributed by atoms with Gasteiger partial charge in [-0.2, -0.15) is 0 Å². The van der Waals surface area contributed by atoms with Crippen molar-refractivity contribution in [2.24, 2.45) is 0 Å². The molecule has 0 spiro atoms. The molecule has 2 rings (SSSR count). The summed E-state index contributed by atoms with van der Waals surface area (Å²) in [4.78, 5) is 27.7. The molecule has 1 aliphatic heterocycles. The van der Waals surface area contributed by atoms with Gasteiger partial charge in [-0.05, 0) is 25.1 Å². The van der Waals surface area contributed by atoms with Gasteiger partial charge in [-0.25, -0.2) is 0 Å². The third kappa shape index (κ3) is 4.36. The standard InChI is InChI=1S/C16H22ClN3O3/c1-11(19-6-8-20(9-7-19)12(2)21)16(22)18-14-10-13(17)4-5-15(14)23-3/h4-5,10-11H,6-9H2,1-3H3,(H,18,22)/t11-/m1/s1. The van der Waals surface area contributed by atoms with Gasteiger partial charge in [0.05, 0.1) is 18.8 Å². The van der Waals surface area contributed by atoms with E-state index in [0.29, 0.717) is 42.6 Å². The molecule has 1 atom stereocenters. The molecule has 7 heteroatoms. The van der Waals surface area contributed by atoms with Crippen molar-refractivity contribution in [3.8, 4) is 5.75 Å². The highest BCUT2D eigenvalue weighted by atomic mass is 35.5. The fourth-order valence-electron chi connectivity index (χ4n) is 2.60. The average Bonchev–Trinajstić information content (AvgIpc) is 2.54. The number of nitrogens with zero attached hydrogens (tertiary/aromatic N) is 2. The zero-order chi connectivity index (χ0) is 17.0. The van der Waals surface area contributed by atoms with Crippen LogP contribution in [0.1, 0.15) is 13.8 Å². The number of benzene rings is 1. The third-order valence-electron chi connectivity index (χ3n) is 4.11.